The van der Waals surface area contributed by atoms with E-state index in [9.17, 15) is 4.79 Å². The van der Waals surface area contributed by atoms with Crippen LogP contribution in [0.15, 0.2) is 22.7 Å². The summed E-state index contributed by atoms with van der Waals surface area (Å²) in [5.41, 5.74) is 0.988. The van der Waals surface area contributed by atoms with Gasteiger partial charge in [0.25, 0.3) is 0 Å². The van der Waals surface area contributed by atoms with Crippen molar-refractivity contribution in [2.45, 2.75) is 12.8 Å². The maximum atomic E-state index is 12.2. The largest absolute Gasteiger partial charge is 0.497 e. The Hall–Kier alpha value is -0.910. The highest BCUT2D eigenvalue weighted by Gasteiger charge is 2.14. The molecule has 1 fully saturated rings. The van der Waals surface area contributed by atoms with Crippen molar-refractivity contribution in [3.8, 4) is 5.75 Å². The zero-order valence-corrected chi connectivity index (χ0v) is 13.4. The molecule has 1 saturated heterocycles. The minimum atomic E-state index is 0.251. The number of ketones is 1. The Balaban J connectivity index is 1.93. The third-order valence-electron chi connectivity index (χ3n) is 3.47. The van der Waals surface area contributed by atoms with E-state index >= 15 is 0 Å². The van der Waals surface area contributed by atoms with Crippen LogP contribution >= 0.6 is 15.9 Å². The first-order valence-electron chi connectivity index (χ1n) is 6.96. The molecular weight excluding hydrogens is 320 g/mol. The summed E-state index contributed by atoms with van der Waals surface area (Å²) in [6.45, 7) is 4.50. The summed E-state index contributed by atoms with van der Waals surface area (Å²) in [7, 11) is 1.64. The van der Waals surface area contributed by atoms with Gasteiger partial charge in [-0.3, -0.25) is 9.69 Å². The van der Waals surface area contributed by atoms with Crippen LogP contribution in [0, 0.1) is 0 Å². The molecule has 1 heterocycles. The van der Waals surface area contributed by atoms with Crippen molar-refractivity contribution in [1.82, 2.24) is 10.2 Å². The van der Waals surface area contributed by atoms with Gasteiger partial charge in [0.05, 0.1) is 13.7 Å². The number of nitrogens with one attached hydrogen (secondary N) is 1. The van der Waals surface area contributed by atoms with Crippen LogP contribution < -0.4 is 10.1 Å². The molecule has 110 valence electrons. The average Bonchev–Trinajstić information content (AvgIpc) is 2.70. The number of nitrogens with zero attached hydrogens (tertiary/aromatic N) is 1. The van der Waals surface area contributed by atoms with Gasteiger partial charge in [0, 0.05) is 24.0 Å². The normalized spacial score (nSPS) is 16.7. The summed E-state index contributed by atoms with van der Waals surface area (Å²) in [6, 6.07) is 5.74. The van der Waals surface area contributed by atoms with Crippen LogP contribution in [0.1, 0.15) is 12.0 Å². The van der Waals surface area contributed by atoms with Gasteiger partial charge in [0.15, 0.2) is 5.78 Å². The predicted molar refractivity (Wildman–Crippen MR) is 83.3 cm³/mol. The number of carbonyl (C=O) groups is 1. The molecule has 0 spiro atoms. The van der Waals surface area contributed by atoms with Gasteiger partial charge < -0.3 is 10.1 Å². The van der Waals surface area contributed by atoms with Crippen molar-refractivity contribution in [3.05, 3.63) is 28.2 Å². The molecule has 0 aliphatic carbocycles. The SMILES string of the molecule is COc1ccc(Br)c(CC(=O)CN2CCCNCC2)c1. The molecule has 20 heavy (non-hydrogen) atoms. The van der Waals surface area contributed by atoms with Crippen LogP contribution in [0.25, 0.3) is 0 Å². The molecule has 1 aromatic carbocycles. The van der Waals surface area contributed by atoms with Gasteiger partial charge in [0.2, 0.25) is 0 Å². The third-order valence-corrected chi connectivity index (χ3v) is 4.25. The summed E-state index contributed by atoms with van der Waals surface area (Å²) in [5.74, 6) is 1.04. The second-order valence-electron chi connectivity index (χ2n) is 5.05. The Kier molecular flexibility index (Phi) is 6.01. The molecule has 2 rings (SSSR count). The highest BCUT2D eigenvalue weighted by atomic mass is 79.9. The van der Waals surface area contributed by atoms with Crippen molar-refractivity contribution in [3.63, 3.8) is 0 Å². The van der Waals surface area contributed by atoms with Gasteiger partial charge in [-0.1, -0.05) is 15.9 Å². The first-order chi connectivity index (χ1) is 9.69. The first kappa shape index (κ1) is 15.5. The van der Waals surface area contributed by atoms with E-state index in [1.165, 1.54) is 0 Å². The molecule has 0 aromatic heterocycles. The van der Waals surface area contributed by atoms with E-state index < -0.39 is 0 Å². The molecule has 0 bridgehead atoms. The quantitative estimate of drug-likeness (QED) is 0.888. The van der Waals surface area contributed by atoms with Crippen molar-refractivity contribution in [1.29, 1.82) is 0 Å². The van der Waals surface area contributed by atoms with Gasteiger partial charge in [-0.25, -0.2) is 0 Å². The van der Waals surface area contributed by atoms with Crippen molar-refractivity contribution >= 4 is 21.7 Å². The van der Waals surface area contributed by atoms with Gasteiger partial charge in [-0.2, -0.15) is 0 Å². The number of ether oxygens (including phenoxy) is 1. The molecular formula is C15H21BrN2O2. The van der Waals surface area contributed by atoms with E-state index in [4.69, 9.17) is 4.74 Å². The predicted octanol–water partition coefficient (Wildman–Crippen LogP) is 1.86. The number of hydrogen-bond acceptors (Lipinski definition) is 4. The molecule has 1 N–H and O–H groups in total. The number of hydrogen-bond donors (Lipinski definition) is 1. The summed E-state index contributed by atoms with van der Waals surface area (Å²) >= 11 is 3.49. The molecule has 1 aliphatic rings. The number of methoxy groups -OCH3 is 1. The Labute approximate surface area is 128 Å². The van der Waals surface area contributed by atoms with E-state index in [0.29, 0.717) is 13.0 Å². The molecule has 0 atom stereocenters. The maximum Gasteiger partial charge on any atom is 0.151 e. The highest BCUT2D eigenvalue weighted by Crippen LogP contribution is 2.23. The maximum absolute atomic E-state index is 12.2. The second-order valence-corrected chi connectivity index (χ2v) is 5.91. The zero-order chi connectivity index (χ0) is 14.4. The molecule has 5 heteroatoms. The molecule has 0 radical (unpaired) electrons. The fourth-order valence-corrected chi connectivity index (χ4v) is 2.78. The molecule has 0 amide bonds. The monoisotopic (exact) mass is 340 g/mol. The van der Waals surface area contributed by atoms with Crippen LogP contribution in [0.2, 0.25) is 0 Å². The van der Waals surface area contributed by atoms with E-state index in [1.54, 1.807) is 7.11 Å². The Morgan fingerprint density at radius 3 is 3.05 bits per heavy atom. The van der Waals surface area contributed by atoms with E-state index in [1.807, 2.05) is 18.2 Å². The van der Waals surface area contributed by atoms with E-state index in [0.717, 1.165) is 48.4 Å². The minimum absolute atomic E-state index is 0.251. The second kappa shape index (κ2) is 7.76. The van der Waals surface area contributed by atoms with E-state index in [2.05, 4.69) is 26.1 Å². The smallest absolute Gasteiger partial charge is 0.151 e. The topological polar surface area (TPSA) is 41.6 Å². The fourth-order valence-electron chi connectivity index (χ4n) is 2.39. The van der Waals surface area contributed by atoms with Gasteiger partial charge in [-0.15, -0.1) is 0 Å². The van der Waals surface area contributed by atoms with Gasteiger partial charge in [-0.05, 0) is 43.3 Å². The summed E-state index contributed by atoms with van der Waals surface area (Å²) in [6.07, 6.45) is 1.55. The highest BCUT2D eigenvalue weighted by molar-refractivity contribution is 9.10. The number of halogens is 1. The molecule has 0 saturated carbocycles. The lowest BCUT2D eigenvalue weighted by atomic mass is 10.1. The fraction of sp³-hybridized carbons (Fsp3) is 0.533. The lowest BCUT2D eigenvalue weighted by Gasteiger charge is -2.18. The van der Waals surface area contributed by atoms with Crippen LogP contribution in [-0.2, 0) is 11.2 Å². The molecule has 4 nitrogen and oxygen atoms in total. The van der Waals surface area contributed by atoms with E-state index in [-0.39, 0.29) is 5.78 Å². The van der Waals surface area contributed by atoms with Crippen LogP contribution in [-0.4, -0.2) is 50.5 Å². The van der Waals surface area contributed by atoms with Crippen molar-refractivity contribution in [2.75, 3.05) is 39.8 Å². The lowest BCUT2D eigenvalue weighted by Crippen LogP contribution is -2.33. The summed E-state index contributed by atoms with van der Waals surface area (Å²) in [5, 5.41) is 3.35. The van der Waals surface area contributed by atoms with Crippen molar-refractivity contribution < 1.29 is 9.53 Å². The Bertz CT molecular complexity index is 457. The number of benzene rings is 1. The summed E-state index contributed by atoms with van der Waals surface area (Å²) in [4.78, 5) is 14.5. The standard InChI is InChI=1S/C15H21BrN2O2/c1-20-14-3-4-15(16)12(10-14)9-13(19)11-18-7-2-5-17-6-8-18/h3-4,10,17H,2,5-9,11H2,1H3. The molecule has 0 unspecified atom stereocenters. The van der Waals surface area contributed by atoms with Crippen LogP contribution in [0.3, 0.4) is 0 Å². The average molecular weight is 341 g/mol. The number of rotatable bonds is 5. The minimum Gasteiger partial charge on any atom is -0.497 e. The number of carbonyl (C=O) groups excluding carboxylic acids is 1. The zero-order valence-electron chi connectivity index (χ0n) is 11.8. The molecule has 1 aromatic rings. The van der Waals surface area contributed by atoms with Crippen LogP contribution in [0.4, 0.5) is 0 Å². The third kappa shape index (κ3) is 4.58. The van der Waals surface area contributed by atoms with Crippen LogP contribution in [0.5, 0.6) is 5.75 Å². The molecule has 1 aliphatic heterocycles. The van der Waals surface area contributed by atoms with Crippen molar-refractivity contribution in [2.24, 2.45) is 0 Å². The number of Topliss-reactive ketones (excluding diaryl/α,β-unsaturated/α-hetero) is 1. The summed E-state index contributed by atoms with van der Waals surface area (Å²) < 4.78 is 6.17. The van der Waals surface area contributed by atoms with Gasteiger partial charge in [0.1, 0.15) is 5.75 Å². The Morgan fingerprint density at radius 2 is 2.25 bits per heavy atom. The lowest BCUT2D eigenvalue weighted by molar-refractivity contribution is -0.119. The first-order valence-corrected chi connectivity index (χ1v) is 7.75. The van der Waals surface area contributed by atoms with Gasteiger partial charge >= 0.3 is 0 Å². The Morgan fingerprint density at radius 1 is 1.40 bits per heavy atom.